The molecule has 1 aliphatic rings. The maximum absolute atomic E-state index is 13.8. The molecule has 17 heavy (non-hydrogen) atoms. The summed E-state index contributed by atoms with van der Waals surface area (Å²) in [5.74, 6) is 0.519. The maximum atomic E-state index is 13.8. The number of likely N-dealkylation sites (tertiary alicyclic amines) is 1. The summed E-state index contributed by atoms with van der Waals surface area (Å²) in [6, 6.07) is 5.51. The molecule has 0 spiro atoms. The highest BCUT2D eigenvalue weighted by atomic mass is 19.1. The lowest BCUT2D eigenvalue weighted by atomic mass is 9.98. The van der Waals surface area contributed by atoms with Gasteiger partial charge in [0, 0.05) is 13.1 Å². The summed E-state index contributed by atoms with van der Waals surface area (Å²) < 4.78 is 13.8. The van der Waals surface area contributed by atoms with Gasteiger partial charge in [0.15, 0.2) is 0 Å². The van der Waals surface area contributed by atoms with Gasteiger partial charge in [0.1, 0.15) is 5.82 Å². The molecule has 0 amide bonds. The first-order chi connectivity index (χ1) is 8.16. The summed E-state index contributed by atoms with van der Waals surface area (Å²) in [6.07, 6.45) is 2.49. The van der Waals surface area contributed by atoms with E-state index in [1.807, 2.05) is 12.1 Å². The number of hydrogen-bond acceptors (Lipinski definition) is 2. The average molecular weight is 236 g/mol. The van der Waals surface area contributed by atoms with Gasteiger partial charge in [-0.3, -0.25) is 0 Å². The predicted molar refractivity (Wildman–Crippen MR) is 69.8 cm³/mol. The number of benzene rings is 1. The lowest BCUT2D eigenvalue weighted by Crippen LogP contribution is -2.35. The molecule has 1 aromatic rings. The number of rotatable bonds is 3. The lowest BCUT2D eigenvalue weighted by molar-refractivity contribution is 0.217. The van der Waals surface area contributed by atoms with E-state index in [-0.39, 0.29) is 5.82 Å². The minimum atomic E-state index is -0.114. The number of piperidine rings is 1. The molecule has 0 saturated carbocycles. The van der Waals surface area contributed by atoms with Crippen molar-refractivity contribution in [3.63, 3.8) is 0 Å². The lowest BCUT2D eigenvalue weighted by Gasteiger charge is -2.30. The molecule has 0 aliphatic carbocycles. The van der Waals surface area contributed by atoms with Crippen molar-refractivity contribution < 1.29 is 4.39 Å². The Hall–Kier alpha value is -1.09. The third-order valence-electron chi connectivity index (χ3n) is 3.50. The van der Waals surface area contributed by atoms with E-state index in [1.54, 1.807) is 13.0 Å². The fraction of sp³-hybridized carbons (Fsp3) is 0.571. The molecular formula is C14H21FN2. The molecular weight excluding hydrogens is 215 g/mol. The highest BCUT2D eigenvalue weighted by molar-refractivity contribution is 5.47. The van der Waals surface area contributed by atoms with E-state index < -0.39 is 0 Å². The molecule has 1 unspecified atom stereocenters. The Bertz CT molecular complexity index is 378. The summed E-state index contributed by atoms with van der Waals surface area (Å²) in [5.41, 5.74) is 1.34. The van der Waals surface area contributed by atoms with Crippen LogP contribution in [0.2, 0.25) is 0 Å². The Morgan fingerprint density at radius 2 is 2.29 bits per heavy atom. The van der Waals surface area contributed by atoms with Crippen molar-refractivity contribution in [1.29, 1.82) is 0 Å². The summed E-state index contributed by atoms with van der Waals surface area (Å²) in [5, 5.41) is 3.24. The zero-order valence-electron chi connectivity index (χ0n) is 10.7. The minimum absolute atomic E-state index is 0.114. The van der Waals surface area contributed by atoms with Gasteiger partial charge in [-0.25, -0.2) is 4.39 Å². The van der Waals surface area contributed by atoms with Crippen LogP contribution >= 0.6 is 0 Å². The number of aryl methyl sites for hydroxylation is 1. The summed E-state index contributed by atoms with van der Waals surface area (Å²) in [7, 11) is 2.15. The van der Waals surface area contributed by atoms with Gasteiger partial charge in [0.25, 0.3) is 0 Å². The van der Waals surface area contributed by atoms with Crippen molar-refractivity contribution in [2.45, 2.75) is 19.8 Å². The van der Waals surface area contributed by atoms with Gasteiger partial charge >= 0.3 is 0 Å². The van der Waals surface area contributed by atoms with Gasteiger partial charge in [-0.15, -0.1) is 0 Å². The Morgan fingerprint density at radius 1 is 1.47 bits per heavy atom. The molecule has 0 aromatic heterocycles. The van der Waals surface area contributed by atoms with Crippen LogP contribution in [0.3, 0.4) is 0 Å². The Kier molecular flexibility index (Phi) is 4.00. The molecule has 2 nitrogen and oxygen atoms in total. The van der Waals surface area contributed by atoms with Crippen LogP contribution in [0.5, 0.6) is 0 Å². The van der Waals surface area contributed by atoms with E-state index in [9.17, 15) is 4.39 Å². The quantitative estimate of drug-likeness (QED) is 0.868. The van der Waals surface area contributed by atoms with Crippen LogP contribution in [0.1, 0.15) is 18.4 Å². The number of nitrogens with zero attached hydrogens (tertiary/aromatic N) is 1. The Labute approximate surface area is 103 Å². The first-order valence-corrected chi connectivity index (χ1v) is 6.34. The Balaban J connectivity index is 1.91. The summed E-state index contributed by atoms with van der Waals surface area (Å²) in [4.78, 5) is 2.35. The minimum Gasteiger partial charge on any atom is -0.382 e. The van der Waals surface area contributed by atoms with Crippen molar-refractivity contribution in [3.05, 3.63) is 29.6 Å². The zero-order chi connectivity index (χ0) is 12.3. The van der Waals surface area contributed by atoms with Crippen LogP contribution in [0, 0.1) is 18.7 Å². The zero-order valence-corrected chi connectivity index (χ0v) is 10.7. The van der Waals surface area contributed by atoms with Gasteiger partial charge < -0.3 is 10.2 Å². The van der Waals surface area contributed by atoms with Crippen molar-refractivity contribution in [3.8, 4) is 0 Å². The fourth-order valence-electron chi connectivity index (χ4n) is 2.48. The molecule has 1 fully saturated rings. The largest absolute Gasteiger partial charge is 0.382 e. The normalized spacial score (nSPS) is 21.5. The number of hydrogen-bond donors (Lipinski definition) is 1. The second kappa shape index (κ2) is 5.50. The molecule has 2 rings (SSSR count). The summed E-state index contributed by atoms with van der Waals surface area (Å²) in [6.45, 7) is 4.97. The molecule has 1 saturated heterocycles. The van der Waals surface area contributed by atoms with E-state index in [2.05, 4.69) is 17.3 Å². The standard InChI is InChI=1S/C14H21FN2/c1-11-5-3-7-13(14(11)15)16-9-12-6-4-8-17(2)10-12/h3,5,7,12,16H,4,6,8-10H2,1-2H3. The maximum Gasteiger partial charge on any atom is 0.149 e. The van der Waals surface area contributed by atoms with Crippen LogP contribution in [0.25, 0.3) is 0 Å². The molecule has 3 heteroatoms. The topological polar surface area (TPSA) is 15.3 Å². The number of halogens is 1. The number of anilines is 1. The monoisotopic (exact) mass is 236 g/mol. The van der Waals surface area contributed by atoms with E-state index >= 15 is 0 Å². The van der Waals surface area contributed by atoms with Crippen LogP contribution < -0.4 is 5.32 Å². The number of nitrogens with one attached hydrogen (secondary N) is 1. The first-order valence-electron chi connectivity index (χ1n) is 6.34. The second-order valence-electron chi connectivity index (χ2n) is 5.09. The van der Waals surface area contributed by atoms with Crippen molar-refractivity contribution in [2.75, 3.05) is 32.0 Å². The van der Waals surface area contributed by atoms with Crippen LogP contribution in [-0.2, 0) is 0 Å². The molecule has 0 bridgehead atoms. The van der Waals surface area contributed by atoms with Gasteiger partial charge in [-0.1, -0.05) is 12.1 Å². The Morgan fingerprint density at radius 3 is 3.06 bits per heavy atom. The molecule has 1 N–H and O–H groups in total. The SMILES string of the molecule is Cc1cccc(NCC2CCCN(C)C2)c1F. The van der Waals surface area contributed by atoms with Crippen LogP contribution in [0.4, 0.5) is 10.1 Å². The molecule has 1 aliphatic heterocycles. The molecule has 1 heterocycles. The third kappa shape index (κ3) is 3.19. The van der Waals surface area contributed by atoms with E-state index in [4.69, 9.17) is 0 Å². The van der Waals surface area contributed by atoms with Crippen LogP contribution in [-0.4, -0.2) is 31.6 Å². The van der Waals surface area contributed by atoms with Gasteiger partial charge in [0.05, 0.1) is 5.69 Å². The summed E-state index contributed by atoms with van der Waals surface area (Å²) >= 11 is 0. The predicted octanol–water partition coefficient (Wildman–Crippen LogP) is 2.89. The van der Waals surface area contributed by atoms with E-state index in [1.165, 1.54) is 19.4 Å². The van der Waals surface area contributed by atoms with E-state index in [0.29, 0.717) is 17.2 Å². The average Bonchev–Trinajstić information content (AvgIpc) is 2.31. The van der Waals surface area contributed by atoms with Crippen molar-refractivity contribution in [2.24, 2.45) is 5.92 Å². The van der Waals surface area contributed by atoms with Crippen LogP contribution in [0.15, 0.2) is 18.2 Å². The van der Waals surface area contributed by atoms with E-state index in [0.717, 1.165) is 13.1 Å². The van der Waals surface area contributed by atoms with Gasteiger partial charge in [-0.05, 0) is 50.9 Å². The smallest absolute Gasteiger partial charge is 0.149 e. The van der Waals surface area contributed by atoms with Gasteiger partial charge in [-0.2, -0.15) is 0 Å². The second-order valence-corrected chi connectivity index (χ2v) is 5.09. The van der Waals surface area contributed by atoms with Crippen molar-refractivity contribution in [1.82, 2.24) is 4.90 Å². The molecule has 0 radical (unpaired) electrons. The van der Waals surface area contributed by atoms with Gasteiger partial charge in [0.2, 0.25) is 0 Å². The molecule has 94 valence electrons. The fourth-order valence-corrected chi connectivity index (χ4v) is 2.48. The first kappa shape index (κ1) is 12.4. The van der Waals surface area contributed by atoms with Crippen molar-refractivity contribution >= 4 is 5.69 Å². The third-order valence-corrected chi connectivity index (χ3v) is 3.50. The molecule has 1 atom stereocenters. The highest BCUT2D eigenvalue weighted by Crippen LogP contribution is 2.20. The molecule has 1 aromatic carbocycles. The highest BCUT2D eigenvalue weighted by Gasteiger charge is 2.17.